The number of aromatic nitrogens is 2. The maximum absolute atomic E-state index is 11.0. The zero-order chi connectivity index (χ0) is 11.3. The lowest BCUT2D eigenvalue weighted by Crippen LogP contribution is -1.98. The van der Waals surface area contributed by atoms with Crippen molar-refractivity contribution in [1.29, 1.82) is 0 Å². The number of ether oxygens (including phenoxy) is 1. The summed E-state index contributed by atoms with van der Waals surface area (Å²) < 4.78 is 6.73. The van der Waals surface area contributed by atoms with Crippen molar-refractivity contribution in [3.05, 3.63) is 24.3 Å². The molecular formula is C11H16N2O2. The first-order valence-electron chi connectivity index (χ1n) is 5.01. The molecule has 1 aromatic rings. The molecule has 0 aliphatic rings. The van der Waals surface area contributed by atoms with Crippen LogP contribution < -0.4 is 0 Å². The Balaban J connectivity index is 2.60. The Kier molecular flexibility index (Phi) is 4.09. The third kappa shape index (κ3) is 3.58. The zero-order valence-electron chi connectivity index (χ0n) is 9.30. The lowest BCUT2D eigenvalue weighted by atomic mass is 10.4. The topological polar surface area (TPSA) is 44.1 Å². The molecule has 0 amide bonds. The van der Waals surface area contributed by atoms with Gasteiger partial charge in [0, 0.05) is 18.3 Å². The molecule has 82 valence electrons. The van der Waals surface area contributed by atoms with Crippen LogP contribution in [0.5, 0.6) is 0 Å². The molecule has 0 bridgehead atoms. The Bertz CT molecular complexity index is 353. The van der Waals surface area contributed by atoms with Crippen LogP contribution >= 0.6 is 0 Å². The minimum Gasteiger partial charge on any atom is -0.463 e. The largest absolute Gasteiger partial charge is 0.463 e. The van der Waals surface area contributed by atoms with E-state index in [1.807, 2.05) is 10.8 Å². The fraction of sp³-hybridized carbons (Fsp3) is 0.455. The molecule has 0 atom stereocenters. The summed E-state index contributed by atoms with van der Waals surface area (Å²) >= 11 is 0. The van der Waals surface area contributed by atoms with Gasteiger partial charge in [0.25, 0.3) is 0 Å². The number of carbonyl (C=O) groups is 1. The number of esters is 1. The summed E-state index contributed by atoms with van der Waals surface area (Å²) in [5.74, 6) is -0.336. The highest BCUT2D eigenvalue weighted by molar-refractivity contribution is 5.86. The summed E-state index contributed by atoms with van der Waals surface area (Å²) in [4.78, 5) is 15.2. The molecule has 1 aromatic heterocycles. The van der Waals surface area contributed by atoms with E-state index in [1.165, 1.54) is 6.08 Å². The normalized spacial score (nSPS) is 11.2. The maximum atomic E-state index is 11.0. The van der Waals surface area contributed by atoms with Gasteiger partial charge in [0.2, 0.25) is 0 Å². The molecule has 4 heteroatoms. The van der Waals surface area contributed by atoms with Gasteiger partial charge < -0.3 is 9.30 Å². The van der Waals surface area contributed by atoms with Crippen LogP contribution in [-0.2, 0) is 9.53 Å². The Morgan fingerprint density at radius 3 is 2.93 bits per heavy atom. The molecule has 0 fully saturated rings. The molecule has 0 radical (unpaired) electrons. The smallest absolute Gasteiger partial charge is 0.330 e. The second kappa shape index (κ2) is 5.34. The highest BCUT2D eigenvalue weighted by atomic mass is 16.5. The van der Waals surface area contributed by atoms with Crippen molar-refractivity contribution >= 4 is 12.0 Å². The van der Waals surface area contributed by atoms with Crippen molar-refractivity contribution < 1.29 is 9.53 Å². The molecule has 0 unspecified atom stereocenters. The van der Waals surface area contributed by atoms with Gasteiger partial charge in [-0.1, -0.05) is 0 Å². The standard InChI is InChI=1S/C11H16N2O2/c1-4-15-11(14)6-5-10-7-13(8-12-10)9(2)3/h5-9H,4H2,1-3H3/b6-5+. The Morgan fingerprint density at radius 2 is 2.40 bits per heavy atom. The van der Waals surface area contributed by atoms with Gasteiger partial charge in [-0.2, -0.15) is 0 Å². The molecule has 0 aliphatic carbocycles. The Morgan fingerprint density at radius 1 is 1.67 bits per heavy atom. The van der Waals surface area contributed by atoms with E-state index in [2.05, 4.69) is 18.8 Å². The average Bonchev–Trinajstić information content (AvgIpc) is 2.63. The van der Waals surface area contributed by atoms with E-state index in [4.69, 9.17) is 4.74 Å². The quantitative estimate of drug-likeness (QED) is 0.561. The van der Waals surface area contributed by atoms with Gasteiger partial charge in [-0.15, -0.1) is 0 Å². The number of imidazole rings is 1. The second-order valence-electron chi connectivity index (χ2n) is 3.42. The fourth-order valence-corrected chi connectivity index (χ4v) is 1.06. The SMILES string of the molecule is CCOC(=O)/C=C/c1cn(C(C)C)cn1. The number of hydrogen-bond donors (Lipinski definition) is 0. The van der Waals surface area contributed by atoms with Crippen LogP contribution in [-0.4, -0.2) is 22.1 Å². The van der Waals surface area contributed by atoms with Crippen molar-refractivity contribution in [2.45, 2.75) is 26.8 Å². The molecule has 1 heterocycles. The molecule has 0 spiro atoms. The molecule has 0 N–H and O–H groups in total. The van der Waals surface area contributed by atoms with Crippen molar-refractivity contribution in [1.82, 2.24) is 9.55 Å². The first kappa shape index (κ1) is 11.5. The summed E-state index contributed by atoms with van der Waals surface area (Å²) in [5.41, 5.74) is 0.761. The van der Waals surface area contributed by atoms with E-state index in [1.54, 1.807) is 19.3 Å². The van der Waals surface area contributed by atoms with E-state index in [9.17, 15) is 4.79 Å². The van der Waals surface area contributed by atoms with Gasteiger partial charge in [0.1, 0.15) is 0 Å². The first-order chi connectivity index (χ1) is 7.13. The predicted molar refractivity (Wildman–Crippen MR) is 58.3 cm³/mol. The first-order valence-corrected chi connectivity index (χ1v) is 5.01. The number of carbonyl (C=O) groups excluding carboxylic acids is 1. The molecular weight excluding hydrogens is 192 g/mol. The lowest BCUT2D eigenvalue weighted by Gasteiger charge is -2.03. The predicted octanol–water partition coefficient (Wildman–Crippen LogP) is 2.04. The van der Waals surface area contributed by atoms with Gasteiger partial charge in [-0.3, -0.25) is 0 Å². The van der Waals surface area contributed by atoms with Gasteiger partial charge in [0.15, 0.2) is 0 Å². The molecule has 15 heavy (non-hydrogen) atoms. The molecule has 0 saturated heterocycles. The van der Waals surface area contributed by atoms with Crippen molar-refractivity contribution in [2.24, 2.45) is 0 Å². The van der Waals surface area contributed by atoms with Crippen LogP contribution in [0.2, 0.25) is 0 Å². The number of rotatable bonds is 4. The average molecular weight is 208 g/mol. The minimum absolute atomic E-state index is 0.336. The van der Waals surface area contributed by atoms with Crippen LogP contribution in [0.4, 0.5) is 0 Å². The van der Waals surface area contributed by atoms with Crippen molar-refractivity contribution in [3.63, 3.8) is 0 Å². The summed E-state index contributed by atoms with van der Waals surface area (Å²) in [6, 6.07) is 0.377. The maximum Gasteiger partial charge on any atom is 0.330 e. The van der Waals surface area contributed by atoms with E-state index < -0.39 is 0 Å². The minimum atomic E-state index is -0.336. The lowest BCUT2D eigenvalue weighted by molar-refractivity contribution is -0.137. The monoisotopic (exact) mass is 208 g/mol. The van der Waals surface area contributed by atoms with Crippen LogP contribution in [0.1, 0.15) is 32.5 Å². The molecule has 0 aromatic carbocycles. The van der Waals surface area contributed by atoms with Crippen LogP contribution in [0.3, 0.4) is 0 Å². The van der Waals surface area contributed by atoms with Gasteiger partial charge in [-0.05, 0) is 26.8 Å². The third-order valence-corrected chi connectivity index (χ3v) is 1.89. The summed E-state index contributed by atoms with van der Waals surface area (Å²) in [5, 5.41) is 0. The van der Waals surface area contributed by atoms with Crippen LogP contribution in [0, 0.1) is 0 Å². The van der Waals surface area contributed by atoms with Crippen LogP contribution in [0.15, 0.2) is 18.6 Å². The molecule has 4 nitrogen and oxygen atoms in total. The second-order valence-corrected chi connectivity index (χ2v) is 3.42. The Hall–Kier alpha value is -1.58. The zero-order valence-corrected chi connectivity index (χ0v) is 9.30. The van der Waals surface area contributed by atoms with Crippen LogP contribution in [0.25, 0.3) is 6.08 Å². The van der Waals surface area contributed by atoms with E-state index in [0.29, 0.717) is 12.6 Å². The summed E-state index contributed by atoms with van der Waals surface area (Å²) in [6.07, 6.45) is 6.67. The molecule has 0 saturated carbocycles. The van der Waals surface area contributed by atoms with Gasteiger partial charge in [-0.25, -0.2) is 9.78 Å². The van der Waals surface area contributed by atoms with E-state index >= 15 is 0 Å². The highest BCUT2D eigenvalue weighted by Gasteiger charge is 1.99. The van der Waals surface area contributed by atoms with Gasteiger partial charge in [0.05, 0.1) is 18.6 Å². The van der Waals surface area contributed by atoms with E-state index in [0.717, 1.165) is 5.69 Å². The third-order valence-electron chi connectivity index (χ3n) is 1.89. The number of hydrogen-bond acceptors (Lipinski definition) is 3. The van der Waals surface area contributed by atoms with E-state index in [-0.39, 0.29) is 5.97 Å². The van der Waals surface area contributed by atoms with Crippen molar-refractivity contribution in [3.8, 4) is 0 Å². The summed E-state index contributed by atoms with van der Waals surface area (Å²) in [7, 11) is 0. The highest BCUT2D eigenvalue weighted by Crippen LogP contribution is 2.06. The number of nitrogens with zero attached hydrogens (tertiary/aromatic N) is 2. The molecule has 1 rings (SSSR count). The summed E-state index contributed by atoms with van der Waals surface area (Å²) in [6.45, 7) is 6.31. The van der Waals surface area contributed by atoms with Gasteiger partial charge >= 0.3 is 5.97 Å². The molecule has 0 aliphatic heterocycles. The van der Waals surface area contributed by atoms with Crippen molar-refractivity contribution in [2.75, 3.05) is 6.61 Å². The fourth-order valence-electron chi connectivity index (χ4n) is 1.06. The Labute approximate surface area is 89.6 Å².